The van der Waals surface area contributed by atoms with Crippen LogP contribution < -0.4 is 5.73 Å². The van der Waals surface area contributed by atoms with Gasteiger partial charge in [0.1, 0.15) is 5.71 Å². The summed E-state index contributed by atoms with van der Waals surface area (Å²) in [6.45, 7) is 5.52. The van der Waals surface area contributed by atoms with E-state index in [1.165, 1.54) is 0 Å². The van der Waals surface area contributed by atoms with Crippen molar-refractivity contribution in [1.82, 2.24) is 0 Å². The molecule has 1 aliphatic rings. The van der Waals surface area contributed by atoms with Crippen molar-refractivity contribution < 1.29 is 13.2 Å². The predicted molar refractivity (Wildman–Crippen MR) is 63.2 cm³/mol. The van der Waals surface area contributed by atoms with Crippen LogP contribution in [0.5, 0.6) is 0 Å². The molecule has 98 valence electrons. The van der Waals surface area contributed by atoms with E-state index in [0.717, 1.165) is 18.9 Å². The number of hydrogen-bond donors (Lipinski definition) is 1. The fourth-order valence-electron chi connectivity index (χ4n) is 1.82. The minimum atomic E-state index is -4.33. The minimum Gasteiger partial charge on any atom is -0.326 e. The van der Waals surface area contributed by atoms with E-state index >= 15 is 0 Å². The zero-order valence-corrected chi connectivity index (χ0v) is 10.4. The highest BCUT2D eigenvalue weighted by molar-refractivity contribution is 6.02. The molecule has 2 nitrogen and oxygen atoms in total. The van der Waals surface area contributed by atoms with Crippen molar-refractivity contribution >= 4 is 5.71 Å². The van der Waals surface area contributed by atoms with Crippen molar-refractivity contribution in [3.8, 4) is 0 Å². The van der Waals surface area contributed by atoms with E-state index in [0.29, 0.717) is 12.0 Å². The van der Waals surface area contributed by atoms with E-state index in [1.807, 2.05) is 13.8 Å². The zero-order valence-electron chi connectivity index (χ0n) is 10.4. The normalized spacial score (nSPS) is 21.5. The third-order valence-electron chi connectivity index (χ3n) is 2.77. The summed E-state index contributed by atoms with van der Waals surface area (Å²) < 4.78 is 37.3. The quantitative estimate of drug-likeness (QED) is 0.815. The molecule has 0 aliphatic carbocycles. The Kier molecular flexibility index (Phi) is 4.02. The maximum atomic E-state index is 12.4. The van der Waals surface area contributed by atoms with Gasteiger partial charge in [0, 0.05) is 5.54 Å². The van der Waals surface area contributed by atoms with Crippen molar-refractivity contribution in [2.75, 3.05) is 0 Å². The Labute approximate surface area is 99.8 Å². The number of nitrogens with two attached hydrogens (primary N) is 1. The van der Waals surface area contributed by atoms with Crippen LogP contribution in [0.1, 0.15) is 40.0 Å². The highest BCUT2D eigenvalue weighted by Gasteiger charge is 2.37. The smallest absolute Gasteiger partial charge is 0.326 e. The van der Waals surface area contributed by atoms with E-state index in [2.05, 4.69) is 4.99 Å². The third kappa shape index (κ3) is 4.50. The summed E-state index contributed by atoms with van der Waals surface area (Å²) in [4.78, 5) is 3.72. The van der Waals surface area contributed by atoms with Gasteiger partial charge in [-0.25, -0.2) is 0 Å². The van der Waals surface area contributed by atoms with E-state index in [4.69, 9.17) is 5.73 Å². The van der Waals surface area contributed by atoms with Gasteiger partial charge in [0.15, 0.2) is 0 Å². The van der Waals surface area contributed by atoms with Gasteiger partial charge in [-0.05, 0) is 51.7 Å². The van der Waals surface area contributed by atoms with Gasteiger partial charge in [-0.3, -0.25) is 4.99 Å². The molecule has 0 aromatic carbocycles. The van der Waals surface area contributed by atoms with Crippen molar-refractivity contribution in [3.63, 3.8) is 0 Å². The van der Waals surface area contributed by atoms with Gasteiger partial charge in [-0.2, -0.15) is 13.2 Å². The lowest BCUT2D eigenvalue weighted by Gasteiger charge is -2.19. The monoisotopic (exact) mass is 248 g/mol. The van der Waals surface area contributed by atoms with E-state index in [1.54, 1.807) is 6.92 Å². The molecule has 5 heteroatoms. The molecule has 0 bridgehead atoms. The maximum Gasteiger partial charge on any atom is 0.432 e. The minimum absolute atomic E-state index is 0.271. The Morgan fingerprint density at radius 1 is 1.35 bits per heavy atom. The summed E-state index contributed by atoms with van der Waals surface area (Å²) in [5.41, 5.74) is 5.48. The maximum absolute atomic E-state index is 12.4. The Bertz CT molecular complexity index is 335. The molecule has 0 fully saturated rings. The lowest BCUT2D eigenvalue weighted by atomic mass is 9.95. The van der Waals surface area contributed by atoms with Crippen LogP contribution in [0.25, 0.3) is 0 Å². The van der Waals surface area contributed by atoms with Crippen LogP contribution in [-0.2, 0) is 0 Å². The average molecular weight is 248 g/mol. The molecule has 0 amide bonds. The number of nitrogens with zero attached hydrogens (tertiary/aromatic N) is 1. The molecule has 0 aromatic heterocycles. The van der Waals surface area contributed by atoms with Crippen molar-refractivity contribution in [3.05, 3.63) is 11.6 Å². The van der Waals surface area contributed by atoms with Crippen LogP contribution in [0.2, 0.25) is 0 Å². The predicted octanol–water partition coefficient (Wildman–Crippen LogP) is 3.23. The number of hydrogen-bond acceptors (Lipinski definition) is 2. The summed E-state index contributed by atoms with van der Waals surface area (Å²) in [6.07, 6.45) is -0.994. The first-order valence-electron chi connectivity index (χ1n) is 5.72. The molecular weight excluding hydrogens is 229 g/mol. The molecule has 2 N–H and O–H groups in total. The van der Waals surface area contributed by atoms with Gasteiger partial charge in [-0.15, -0.1) is 0 Å². The van der Waals surface area contributed by atoms with Gasteiger partial charge in [0.2, 0.25) is 0 Å². The third-order valence-corrected chi connectivity index (χ3v) is 2.77. The first-order valence-corrected chi connectivity index (χ1v) is 5.72. The Morgan fingerprint density at radius 3 is 2.35 bits per heavy atom. The fourth-order valence-corrected chi connectivity index (χ4v) is 1.82. The molecule has 17 heavy (non-hydrogen) atoms. The first kappa shape index (κ1) is 14.2. The molecule has 1 atom stereocenters. The topological polar surface area (TPSA) is 38.4 Å². The Hall–Kier alpha value is -0.840. The number of allylic oxidation sites excluding steroid dienone is 1. The molecule has 0 saturated heterocycles. The van der Waals surface area contributed by atoms with Crippen LogP contribution in [0.15, 0.2) is 16.6 Å². The van der Waals surface area contributed by atoms with Gasteiger partial charge < -0.3 is 5.73 Å². The first-order chi connectivity index (χ1) is 7.59. The van der Waals surface area contributed by atoms with Gasteiger partial charge >= 0.3 is 6.18 Å². The fraction of sp³-hybridized carbons (Fsp3) is 0.750. The molecule has 1 heterocycles. The van der Waals surface area contributed by atoms with Crippen molar-refractivity contribution in [2.24, 2.45) is 10.7 Å². The van der Waals surface area contributed by atoms with Gasteiger partial charge in [-0.1, -0.05) is 0 Å². The summed E-state index contributed by atoms with van der Waals surface area (Å²) in [5.74, 6) is 0. The van der Waals surface area contributed by atoms with Crippen LogP contribution in [0.3, 0.4) is 0 Å². The second-order valence-electron chi connectivity index (χ2n) is 5.30. The molecule has 1 aliphatic heterocycles. The molecule has 1 rings (SSSR count). The highest BCUT2D eigenvalue weighted by Crippen LogP contribution is 2.28. The van der Waals surface area contributed by atoms with Crippen LogP contribution in [-0.4, -0.2) is 23.5 Å². The van der Waals surface area contributed by atoms with E-state index in [-0.39, 0.29) is 11.6 Å². The van der Waals surface area contributed by atoms with Crippen LogP contribution in [0, 0.1) is 0 Å². The number of aliphatic imine (C=N–C) groups is 1. The largest absolute Gasteiger partial charge is 0.432 e. The summed E-state index contributed by atoms with van der Waals surface area (Å²) in [7, 11) is 0. The van der Waals surface area contributed by atoms with Crippen LogP contribution in [0.4, 0.5) is 13.2 Å². The van der Waals surface area contributed by atoms with Crippen molar-refractivity contribution in [1.29, 1.82) is 0 Å². The van der Waals surface area contributed by atoms with Gasteiger partial charge in [0.25, 0.3) is 0 Å². The van der Waals surface area contributed by atoms with Crippen LogP contribution >= 0.6 is 0 Å². The molecular formula is C12H19F3N2. The molecule has 0 aromatic rings. The Morgan fingerprint density at radius 2 is 1.94 bits per heavy atom. The standard InChI is InChI=1S/C12H19F3N2/c1-8-7-10(12(13,14)15)17-9(8)5-4-6-11(2,3)16/h7,9H,4-6,16H2,1-3H3. The lowest BCUT2D eigenvalue weighted by molar-refractivity contribution is -0.0577. The summed E-state index contributed by atoms with van der Waals surface area (Å²) in [5, 5.41) is 0. The number of halogens is 3. The van der Waals surface area contributed by atoms with Gasteiger partial charge in [0.05, 0.1) is 6.04 Å². The molecule has 0 saturated carbocycles. The number of alkyl halides is 3. The lowest BCUT2D eigenvalue weighted by Crippen LogP contribution is -2.31. The second kappa shape index (κ2) is 4.80. The average Bonchev–Trinajstić information content (AvgIpc) is 2.45. The van der Waals surface area contributed by atoms with E-state index < -0.39 is 11.9 Å². The number of rotatable bonds is 4. The van der Waals surface area contributed by atoms with E-state index in [9.17, 15) is 13.2 Å². The summed E-state index contributed by atoms with van der Waals surface area (Å²) >= 11 is 0. The molecule has 0 spiro atoms. The molecule has 0 radical (unpaired) electrons. The summed E-state index contributed by atoms with van der Waals surface area (Å²) in [6, 6.07) is -0.325. The molecule has 1 unspecified atom stereocenters. The Balaban J connectivity index is 2.52. The SMILES string of the molecule is CC1=CC(C(F)(F)F)=NC1CCCC(C)(C)N. The second-order valence-corrected chi connectivity index (χ2v) is 5.30. The highest BCUT2D eigenvalue weighted by atomic mass is 19.4. The zero-order chi connectivity index (χ0) is 13.3. The van der Waals surface area contributed by atoms with Crippen molar-refractivity contribution in [2.45, 2.75) is 57.8 Å².